The molecule has 27 heavy (non-hydrogen) atoms. The third-order valence-corrected chi connectivity index (χ3v) is 4.21. The van der Waals surface area contributed by atoms with E-state index in [0.717, 1.165) is 12.8 Å². The lowest BCUT2D eigenvalue weighted by molar-refractivity contribution is -0.132. The SMILES string of the molecule is COc1cc(/C=N\n2c([C@H]3CCCO3)n[nH]c2=S)cc(OC)c1OC(C)=O. The van der Waals surface area contributed by atoms with E-state index in [1.165, 1.54) is 25.8 Å². The number of rotatable bonds is 6. The molecule has 1 aliphatic heterocycles. The van der Waals surface area contributed by atoms with E-state index in [1.807, 2.05) is 0 Å². The van der Waals surface area contributed by atoms with Gasteiger partial charge in [-0.05, 0) is 37.2 Å². The van der Waals surface area contributed by atoms with Gasteiger partial charge in [0.15, 0.2) is 17.3 Å². The van der Waals surface area contributed by atoms with E-state index in [4.69, 9.17) is 31.2 Å². The molecule has 1 atom stereocenters. The van der Waals surface area contributed by atoms with Gasteiger partial charge in [-0.3, -0.25) is 9.89 Å². The van der Waals surface area contributed by atoms with Crippen molar-refractivity contribution in [3.05, 3.63) is 28.3 Å². The molecule has 2 aromatic rings. The number of H-pyrrole nitrogens is 1. The quantitative estimate of drug-likeness (QED) is 0.349. The lowest BCUT2D eigenvalue weighted by Crippen LogP contribution is -2.06. The van der Waals surface area contributed by atoms with Crippen molar-refractivity contribution in [3.63, 3.8) is 0 Å². The number of hydrogen-bond donors (Lipinski definition) is 1. The maximum Gasteiger partial charge on any atom is 0.308 e. The lowest BCUT2D eigenvalue weighted by atomic mass is 10.2. The van der Waals surface area contributed by atoms with Gasteiger partial charge in [-0.1, -0.05) is 0 Å². The first-order valence-electron chi connectivity index (χ1n) is 8.31. The summed E-state index contributed by atoms with van der Waals surface area (Å²) >= 11 is 5.26. The molecule has 1 aliphatic rings. The minimum atomic E-state index is -0.473. The summed E-state index contributed by atoms with van der Waals surface area (Å²) in [7, 11) is 2.95. The summed E-state index contributed by atoms with van der Waals surface area (Å²) in [6.07, 6.45) is 3.30. The molecule has 0 bridgehead atoms. The molecule has 0 saturated carbocycles. The zero-order valence-electron chi connectivity index (χ0n) is 15.2. The second-order valence-electron chi connectivity index (χ2n) is 5.79. The summed E-state index contributed by atoms with van der Waals surface area (Å²) in [5, 5.41) is 11.4. The predicted octanol–water partition coefficient (Wildman–Crippen LogP) is 2.62. The van der Waals surface area contributed by atoms with E-state index in [0.29, 0.717) is 34.3 Å². The maximum absolute atomic E-state index is 11.3. The van der Waals surface area contributed by atoms with Crippen LogP contribution in [0.15, 0.2) is 17.2 Å². The minimum Gasteiger partial charge on any atom is -0.493 e. The highest BCUT2D eigenvalue weighted by Crippen LogP contribution is 2.38. The molecule has 1 aromatic carbocycles. The van der Waals surface area contributed by atoms with Crippen LogP contribution in [-0.2, 0) is 9.53 Å². The Kier molecular flexibility index (Phi) is 5.87. The standard InChI is InChI=1S/C17H20N4O5S/c1-10(22)26-15-13(23-2)7-11(8-14(15)24-3)9-18-21-16(19-20-17(21)27)12-5-4-6-25-12/h7-9,12H,4-6H2,1-3H3,(H,20,27)/b18-9-/t12-/m1/s1. The fourth-order valence-corrected chi connectivity index (χ4v) is 2.93. The zero-order valence-corrected chi connectivity index (χ0v) is 16.0. The molecule has 0 unspecified atom stereocenters. The Morgan fingerprint density at radius 2 is 2.11 bits per heavy atom. The fourth-order valence-electron chi connectivity index (χ4n) is 2.75. The van der Waals surface area contributed by atoms with Gasteiger partial charge in [0.2, 0.25) is 10.5 Å². The molecular weight excluding hydrogens is 372 g/mol. The Hall–Kier alpha value is -2.72. The number of benzene rings is 1. The van der Waals surface area contributed by atoms with Crippen LogP contribution in [0.1, 0.15) is 37.3 Å². The summed E-state index contributed by atoms with van der Waals surface area (Å²) in [5.74, 6) is 1.06. The van der Waals surface area contributed by atoms with Crippen LogP contribution in [0.5, 0.6) is 17.2 Å². The highest BCUT2D eigenvalue weighted by Gasteiger charge is 2.23. The van der Waals surface area contributed by atoms with Crippen LogP contribution in [0, 0.1) is 4.77 Å². The number of hydrogen-bond acceptors (Lipinski definition) is 8. The van der Waals surface area contributed by atoms with Gasteiger partial charge in [-0.2, -0.15) is 14.9 Å². The number of methoxy groups -OCH3 is 2. The Bertz CT molecular complexity index is 889. The summed E-state index contributed by atoms with van der Waals surface area (Å²) in [4.78, 5) is 11.3. The minimum absolute atomic E-state index is 0.134. The van der Waals surface area contributed by atoms with Gasteiger partial charge in [-0.25, -0.2) is 0 Å². The van der Waals surface area contributed by atoms with Crippen LogP contribution in [0.4, 0.5) is 0 Å². The first-order valence-corrected chi connectivity index (χ1v) is 8.72. The van der Waals surface area contributed by atoms with Crippen molar-refractivity contribution in [1.29, 1.82) is 0 Å². The van der Waals surface area contributed by atoms with Crippen LogP contribution in [0.3, 0.4) is 0 Å². The second-order valence-corrected chi connectivity index (χ2v) is 6.18. The van der Waals surface area contributed by atoms with E-state index in [2.05, 4.69) is 15.3 Å². The van der Waals surface area contributed by atoms with Crippen molar-refractivity contribution in [2.45, 2.75) is 25.9 Å². The van der Waals surface area contributed by atoms with Gasteiger partial charge < -0.3 is 18.9 Å². The maximum atomic E-state index is 11.3. The van der Waals surface area contributed by atoms with E-state index in [9.17, 15) is 4.79 Å². The summed E-state index contributed by atoms with van der Waals surface area (Å²) in [6, 6.07) is 3.36. The number of carbonyl (C=O) groups excluding carboxylic acids is 1. The summed E-state index contributed by atoms with van der Waals surface area (Å²) in [5.41, 5.74) is 0.668. The zero-order chi connectivity index (χ0) is 19.4. The molecule has 0 aliphatic carbocycles. The van der Waals surface area contributed by atoms with Crippen molar-refractivity contribution < 1.29 is 23.7 Å². The highest BCUT2D eigenvalue weighted by molar-refractivity contribution is 7.71. The van der Waals surface area contributed by atoms with Crippen LogP contribution >= 0.6 is 12.2 Å². The number of nitrogens with zero attached hydrogens (tertiary/aromatic N) is 3. The third-order valence-electron chi connectivity index (χ3n) is 3.94. The van der Waals surface area contributed by atoms with Crippen molar-refractivity contribution in [3.8, 4) is 17.2 Å². The average Bonchev–Trinajstić information content (AvgIpc) is 3.29. The number of aromatic amines is 1. The molecular formula is C17H20N4O5S. The number of ether oxygens (including phenoxy) is 4. The highest BCUT2D eigenvalue weighted by atomic mass is 32.1. The number of aromatic nitrogens is 3. The fraction of sp³-hybridized carbons (Fsp3) is 0.412. The lowest BCUT2D eigenvalue weighted by Gasteiger charge is -2.13. The topological polar surface area (TPSA) is 100.0 Å². The number of nitrogens with one attached hydrogen (secondary N) is 1. The smallest absolute Gasteiger partial charge is 0.308 e. The summed E-state index contributed by atoms with van der Waals surface area (Å²) in [6.45, 7) is 2.00. The molecule has 9 nitrogen and oxygen atoms in total. The monoisotopic (exact) mass is 392 g/mol. The molecule has 1 aromatic heterocycles. The molecule has 0 radical (unpaired) electrons. The molecule has 10 heteroatoms. The van der Waals surface area contributed by atoms with Crippen molar-refractivity contribution in [2.75, 3.05) is 20.8 Å². The van der Waals surface area contributed by atoms with Crippen LogP contribution in [0.25, 0.3) is 0 Å². The van der Waals surface area contributed by atoms with E-state index in [-0.39, 0.29) is 11.9 Å². The Morgan fingerprint density at radius 1 is 1.41 bits per heavy atom. The molecule has 2 heterocycles. The van der Waals surface area contributed by atoms with Crippen LogP contribution in [0.2, 0.25) is 0 Å². The molecule has 144 valence electrons. The van der Waals surface area contributed by atoms with E-state index < -0.39 is 5.97 Å². The Morgan fingerprint density at radius 3 is 2.67 bits per heavy atom. The normalized spacial score (nSPS) is 16.6. The van der Waals surface area contributed by atoms with Crippen molar-refractivity contribution >= 4 is 24.4 Å². The van der Waals surface area contributed by atoms with Crippen LogP contribution in [-0.4, -0.2) is 47.9 Å². The molecule has 3 rings (SSSR count). The first kappa shape index (κ1) is 19.1. The first-order chi connectivity index (χ1) is 13.0. The number of carbonyl (C=O) groups is 1. The van der Waals surface area contributed by atoms with Gasteiger partial charge in [0.25, 0.3) is 0 Å². The Balaban J connectivity index is 1.95. The molecule has 0 amide bonds. The average molecular weight is 392 g/mol. The van der Waals surface area contributed by atoms with E-state index in [1.54, 1.807) is 18.3 Å². The van der Waals surface area contributed by atoms with Gasteiger partial charge in [0.05, 0.1) is 20.4 Å². The third kappa shape index (κ3) is 4.17. The van der Waals surface area contributed by atoms with E-state index >= 15 is 0 Å². The van der Waals surface area contributed by atoms with Crippen molar-refractivity contribution in [2.24, 2.45) is 5.10 Å². The van der Waals surface area contributed by atoms with Gasteiger partial charge in [0.1, 0.15) is 6.10 Å². The van der Waals surface area contributed by atoms with Crippen molar-refractivity contribution in [1.82, 2.24) is 14.9 Å². The van der Waals surface area contributed by atoms with Crippen LogP contribution < -0.4 is 14.2 Å². The summed E-state index contributed by atoms with van der Waals surface area (Å²) < 4.78 is 23.4. The molecule has 1 fully saturated rings. The number of esters is 1. The predicted molar refractivity (Wildman–Crippen MR) is 99.2 cm³/mol. The molecule has 1 saturated heterocycles. The molecule has 0 spiro atoms. The largest absolute Gasteiger partial charge is 0.493 e. The van der Waals surface area contributed by atoms with Gasteiger partial charge in [-0.15, -0.1) is 0 Å². The van der Waals surface area contributed by atoms with Gasteiger partial charge in [0, 0.05) is 19.1 Å². The van der Waals surface area contributed by atoms with Gasteiger partial charge >= 0.3 is 5.97 Å². The second kappa shape index (κ2) is 8.31. The molecule has 1 N–H and O–H groups in total. The Labute approximate surface area is 160 Å².